The van der Waals surface area contributed by atoms with Gasteiger partial charge in [0, 0.05) is 26.2 Å². The molecule has 1 atom stereocenters. The molecule has 19 heavy (non-hydrogen) atoms. The van der Waals surface area contributed by atoms with Crippen LogP contribution in [0.3, 0.4) is 0 Å². The van der Waals surface area contributed by atoms with Gasteiger partial charge in [0.1, 0.15) is 0 Å². The van der Waals surface area contributed by atoms with Gasteiger partial charge in [0.2, 0.25) is 0 Å². The average Bonchev–Trinajstić information content (AvgIpc) is 2.43. The number of nitrogens with zero attached hydrogens (tertiary/aromatic N) is 2. The Morgan fingerprint density at radius 1 is 1.05 bits per heavy atom. The van der Waals surface area contributed by atoms with E-state index in [0.29, 0.717) is 0 Å². The molecule has 2 rings (SSSR count). The van der Waals surface area contributed by atoms with Crippen LogP contribution >= 0.6 is 0 Å². The van der Waals surface area contributed by atoms with Crippen LogP contribution in [0.4, 0.5) is 0 Å². The molecule has 0 spiro atoms. The fourth-order valence-corrected chi connectivity index (χ4v) is 2.86. The van der Waals surface area contributed by atoms with Gasteiger partial charge in [-0.1, -0.05) is 36.8 Å². The lowest BCUT2D eigenvalue weighted by atomic mass is 9.92. The van der Waals surface area contributed by atoms with Gasteiger partial charge in [0.05, 0.1) is 0 Å². The number of aryl methyl sites for hydroxylation is 1. The van der Waals surface area contributed by atoms with Crippen molar-refractivity contribution in [1.82, 2.24) is 9.80 Å². The van der Waals surface area contributed by atoms with Crippen molar-refractivity contribution in [2.75, 3.05) is 39.8 Å². The van der Waals surface area contributed by atoms with E-state index in [1.165, 1.54) is 56.7 Å². The second kappa shape index (κ2) is 7.06. The van der Waals surface area contributed by atoms with Gasteiger partial charge < -0.3 is 9.80 Å². The van der Waals surface area contributed by atoms with Crippen molar-refractivity contribution in [2.24, 2.45) is 0 Å². The lowest BCUT2D eigenvalue weighted by Crippen LogP contribution is -2.44. The van der Waals surface area contributed by atoms with E-state index in [2.05, 4.69) is 55.0 Å². The zero-order valence-electron chi connectivity index (χ0n) is 12.7. The summed E-state index contributed by atoms with van der Waals surface area (Å²) in [6, 6.07) is 9.11. The second-order valence-corrected chi connectivity index (χ2v) is 5.95. The number of rotatable bonds is 5. The average molecular weight is 260 g/mol. The molecule has 0 aromatic heterocycles. The van der Waals surface area contributed by atoms with Gasteiger partial charge in [0.25, 0.3) is 0 Å². The highest BCUT2D eigenvalue weighted by Gasteiger charge is 2.16. The molecule has 1 aliphatic rings. The van der Waals surface area contributed by atoms with Gasteiger partial charge in [-0.05, 0) is 44.8 Å². The van der Waals surface area contributed by atoms with Crippen LogP contribution in [-0.4, -0.2) is 49.6 Å². The number of likely N-dealkylation sites (N-methyl/N-ethyl adjacent to an activating group) is 1. The fraction of sp³-hybridized carbons (Fsp3) is 0.647. The van der Waals surface area contributed by atoms with E-state index in [-0.39, 0.29) is 0 Å². The third-order valence-electron chi connectivity index (χ3n) is 4.43. The van der Waals surface area contributed by atoms with E-state index in [9.17, 15) is 0 Å². The largest absolute Gasteiger partial charge is 0.304 e. The highest BCUT2D eigenvalue weighted by Crippen LogP contribution is 2.24. The van der Waals surface area contributed by atoms with Crippen molar-refractivity contribution in [1.29, 1.82) is 0 Å². The highest BCUT2D eigenvalue weighted by atomic mass is 15.2. The van der Waals surface area contributed by atoms with Crippen molar-refractivity contribution in [2.45, 2.75) is 32.6 Å². The minimum atomic E-state index is 0.722. The molecule has 0 radical (unpaired) electrons. The van der Waals surface area contributed by atoms with E-state index in [0.717, 1.165) is 5.92 Å². The molecule has 2 heteroatoms. The maximum absolute atomic E-state index is 2.62. The van der Waals surface area contributed by atoms with Crippen LogP contribution in [0.2, 0.25) is 0 Å². The SMILES string of the molecule is CCC(CCN1CCN(C)CC1)c1ccc(C)cc1. The Morgan fingerprint density at radius 2 is 1.68 bits per heavy atom. The Kier molecular flexibility index (Phi) is 5.41. The first kappa shape index (κ1) is 14.5. The van der Waals surface area contributed by atoms with E-state index in [1.54, 1.807) is 0 Å². The fourth-order valence-electron chi connectivity index (χ4n) is 2.86. The smallest absolute Gasteiger partial charge is 0.0110 e. The summed E-state index contributed by atoms with van der Waals surface area (Å²) in [6.45, 7) is 10.6. The summed E-state index contributed by atoms with van der Waals surface area (Å²) in [4.78, 5) is 5.05. The topological polar surface area (TPSA) is 6.48 Å². The van der Waals surface area contributed by atoms with Crippen molar-refractivity contribution < 1.29 is 0 Å². The minimum absolute atomic E-state index is 0.722. The second-order valence-electron chi connectivity index (χ2n) is 5.95. The van der Waals surface area contributed by atoms with Gasteiger partial charge in [0.15, 0.2) is 0 Å². The predicted molar refractivity (Wildman–Crippen MR) is 82.8 cm³/mol. The highest BCUT2D eigenvalue weighted by molar-refractivity contribution is 5.24. The number of hydrogen-bond acceptors (Lipinski definition) is 2. The summed E-state index contributed by atoms with van der Waals surface area (Å²) in [5, 5.41) is 0. The Bertz CT molecular complexity index is 363. The summed E-state index contributed by atoms with van der Waals surface area (Å²) in [5.74, 6) is 0.722. The molecular weight excluding hydrogens is 232 g/mol. The van der Waals surface area contributed by atoms with E-state index in [1.807, 2.05) is 0 Å². The molecule has 0 aliphatic carbocycles. The third kappa shape index (κ3) is 4.32. The summed E-state index contributed by atoms with van der Waals surface area (Å²) in [7, 11) is 2.22. The van der Waals surface area contributed by atoms with Crippen molar-refractivity contribution in [3.8, 4) is 0 Å². The van der Waals surface area contributed by atoms with E-state index < -0.39 is 0 Å². The number of piperazine rings is 1. The Morgan fingerprint density at radius 3 is 2.26 bits per heavy atom. The summed E-state index contributed by atoms with van der Waals surface area (Å²) in [6.07, 6.45) is 2.54. The predicted octanol–water partition coefficient (Wildman–Crippen LogP) is 3.13. The van der Waals surface area contributed by atoms with Gasteiger partial charge in [-0.15, -0.1) is 0 Å². The van der Waals surface area contributed by atoms with Gasteiger partial charge in [-0.2, -0.15) is 0 Å². The molecule has 2 nitrogen and oxygen atoms in total. The van der Waals surface area contributed by atoms with Crippen LogP contribution in [0.5, 0.6) is 0 Å². The summed E-state index contributed by atoms with van der Waals surface area (Å²) >= 11 is 0. The van der Waals surface area contributed by atoms with Crippen molar-refractivity contribution >= 4 is 0 Å². The van der Waals surface area contributed by atoms with Gasteiger partial charge in [-0.3, -0.25) is 0 Å². The standard InChI is InChI=1S/C17H28N2/c1-4-16(17-7-5-15(2)6-8-17)9-10-19-13-11-18(3)12-14-19/h5-8,16H,4,9-14H2,1-3H3. The molecule has 1 fully saturated rings. The zero-order valence-corrected chi connectivity index (χ0v) is 12.7. The number of hydrogen-bond donors (Lipinski definition) is 0. The normalized spacial score (nSPS) is 19.5. The Labute approximate surface area is 118 Å². The molecule has 106 valence electrons. The summed E-state index contributed by atoms with van der Waals surface area (Å²) in [5.41, 5.74) is 2.87. The minimum Gasteiger partial charge on any atom is -0.304 e. The molecule has 1 unspecified atom stereocenters. The lowest BCUT2D eigenvalue weighted by molar-refractivity contribution is 0.150. The molecule has 0 amide bonds. The number of benzene rings is 1. The first-order chi connectivity index (χ1) is 9.19. The molecule has 0 N–H and O–H groups in total. The molecule has 0 saturated carbocycles. The van der Waals surface area contributed by atoms with Crippen LogP contribution in [0.25, 0.3) is 0 Å². The Hall–Kier alpha value is -0.860. The lowest BCUT2D eigenvalue weighted by Gasteiger charge is -2.33. The molecular formula is C17H28N2. The van der Waals surface area contributed by atoms with Crippen LogP contribution in [-0.2, 0) is 0 Å². The zero-order chi connectivity index (χ0) is 13.7. The Balaban J connectivity index is 1.84. The van der Waals surface area contributed by atoms with E-state index >= 15 is 0 Å². The maximum Gasteiger partial charge on any atom is 0.0110 e. The summed E-state index contributed by atoms with van der Waals surface area (Å²) < 4.78 is 0. The van der Waals surface area contributed by atoms with Crippen LogP contribution in [0.15, 0.2) is 24.3 Å². The first-order valence-corrected chi connectivity index (χ1v) is 7.66. The molecule has 1 aromatic rings. The molecule has 1 heterocycles. The molecule has 1 saturated heterocycles. The quantitative estimate of drug-likeness (QED) is 0.802. The third-order valence-corrected chi connectivity index (χ3v) is 4.43. The van der Waals surface area contributed by atoms with Crippen LogP contribution in [0, 0.1) is 6.92 Å². The molecule has 1 aromatic carbocycles. The van der Waals surface area contributed by atoms with E-state index in [4.69, 9.17) is 0 Å². The van der Waals surface area contributed by atoms with Gasteiger partial charge >= 0.3 is 0 Å². The van der Waals surface area contributed by atoms with Crippen molar-refractivity contribution in [3.63, 3.8) is 0 Å². The monoisotopic (exact) mass is 260 g/mol. The first-order valence-electron chi connectivity index (χ1n) is 7.66. The van der Waals surface area contributed by atoms with Crippen LogP contribution in [0.1, 0.15) is 36.8 Å². The molecule has 0 bridgehead atoms. The van der Waals surface area contributed by atoms with Crippen molar-refractivity contribution in [3.05, 3.63) is 35.4 Å². The maximum atomic E-state index is 2.62. The van der Waals surface area contributed by atoms with Crippen LogP contribution < -0.4 is 0 Å². The molecule has 1 aliphatic heterocycles. The van der Waals surface area contributed by atoms with Gasteiger partial charge in [-0.25, -0.2) is 0 Å².